The average molecular weight is 351 g/mol. The van der Waals surface area contributed by atoms with Crippen LogP contribution in [0.1, 0.15) is 41.3 Å². The zero-order valence-corrected chi connectivity index (χ0v) is 15.5. The van der Waals surface area contributed by atoms with Crippen molar-refractivity contribution < 1.29 is 9.53 Å². The molecule has 1 N–H and O–H groups in total. The molecule has 3 rings (SSSR count). The lowest BCUT2D eigenvalue weighted by atomic mass is 10.1. The predicted octanol–water partition coefficient (Wildman–Crippen LogP) is 3.69. The minimum absolute atomic E-state index is 0.0503. The van der Waals surface area contributed by atoms with Crippen molar-refractivity contribution in [1.29, 1.82) is 0 Å². The van der Waals surface area contributed by atoms with Gasteiger partial charge in [0.05, 0.1) is 29.3 Å². The Morgan fingerprint density at radius 3 is 2.23 bits per heavy atom. The second-order valence-electron chi connectivity index (χ2n) is 5.99. The summed E-state index contributed by atoms with van der Waals surface area (Å²) in [6, 6.07) is 5.77. The molecule has 0 amide bonds. The van der Waals surface area contributed by atoms with Gasteiger partial charge in [0, 0.05) is 5.39 Å². The summed E-state index contributed by atoms with van der Waals surface area (Å²) < 4.78 is 5.67. The number of nitrogens with one attached hydrogen (secondary N) is 1. The molecular formula is C19H21N5O2. The first-order valence-electron chi connectivity index (χ1n) is 8.44. The summed E-state index contributed by atoms with van der Waals surface area (Å²) in [6.07, 6.45) is 0. The van der Waals surface area contributed by atoms with Crippen LogP contribution in [0.5, 0.6) is 5.75 Å². The highest BCUT2D eigenvalue weighted by molar-refractivity contribution is 5.96. The van der Waals surface area contributed by atoms with Crippen molar-refractivity contribution in [2.45, 2.75) is 34.6 Å². The maximum absolute atomic E-state index is 11.7. The summed E-state index contributed by atoms with van der Waals surface area (Å²) in [4.78, 5) is 29.5. The van der Waals surface area contributed by atoms with E-state index in [1.165, 1.54) is 6.92 Å². The fourth-order valence-electron chi connectivity index (χ4n) is 2.99. The highest BCUT2D eigenvalue weighted by Crippen LogP contribution is 2.27. The topological polar surface area (TPSA) is 89.9 Å². The van der Waals surface area contributed by atoms with E-state index >= 15 is 0 Å². The van der Waals surface area contributed by atoms with E-state index in [1.807, 2.05) is 32.0 Å². The van der Waals surface area contributed by atoms with Gasteiger partial charge in [-0.05, 0) is 40.7 Å². The largest absolute Gasteiger partial charge is 0.492 e. The van der Waals surface area contributed by atoms with E-state index in [4.69, 9.17) is 4.74 Å². The minimum atomic E-state index is -0.0503. The second-order valence-corrected chi connectivity index (χ2v) is 5.99. The quantitative estimate of drug-likeness (QED) is 0.701. The molecule has 26 heavy (non-hydrogen) atoms. The Morgan fingerprint density at radius 1 is 1.00 bits per heavy atom. The monoisotopic (exact) mass is 351 g/mol. The standard InChI is InChI=1S/C19H21N5O2/c1-6-26-15-9-7-8-14-10(2)20-19(23-17(14)15)24-18-21-11(3)16(13(5)25)12(4)22-18/h7-9H,6H2,1-5H3,(H,20,21,22,23,24). The van der Waals surface area contributed by atoms with Gasteiger partial charge in [0.25, 0.3) is 0 Å². The van der Waals surface area contributed by atoms with Gasteiger partial charge in [0.2, 0.25) is 11.9 Å². The molecule has 0 atom stereocenters. The van der Waals surface area contributed by atoms with Gasteiger partial charge < -0.3 is 4.74 Å². The zero-order chi connectivity index (χ0) is 18.8. The van der Waals surface area contributed by atoms with Crippen LogP contribution in [0.2, 0.25) is 0 Å². The van der Waals surface area contributed by atoms with Crippen molar-refractivity contribution >= 4 is 28.6 Å². The molecule has 0 aliphatic carbocycles. The van der Waals surface area contributed by atoms with Gasteiger partial charge in [-0.25, -0.2) is 19.9 Å². The van der Waals surface area contributed by atoms with Crippen LogP contribution in [-0.2, 0) is 0 Å². The van der Waals surface area contributed by atoms with E-state index in [-0.39, 0.29) is 5.78 Å². The molecule has 0 fully saturated rings. The lowest BCUT2D eigenvalue weighted by Crippen LogP contribution is -2.10. The number of aryl methyl sites for hydroxylation is 3. The number of benzene rings is 1. The summed E-state index contributed by atoms with van der Waals surface area (Å²) in [5.74, 6) is 1.40. The van der Waals surface area contributed by atoms with Gasteiger partial charge in [0.15, 0.2) is 5.78 Å². The molecule has 3 aromatic rings. The minimum Gasteiger partial charge on any atom is -0.492 e. The number of Topliss-reactive ketones (excluding diaryl/α,β-unsaturated/α-hetero) is 1. The van der Waals surface area contributed by atoms with E-state index in [9.17, 15) is 4.79 Å². The molecule has 1 aromatic carbocycles. The number of carbonyl (C=O) groups is 1. The Labute approximate surface area is 151 Å². The number of fused-ring (bicyclic) bond motifs is 1. The van der Waals surface area contributed by atoms with Gasteiger partial charge in [-0.3, -0.25) is 10.1 Å². The fourth-order valence-corrected chi connectivity index (χ4v) is 2.99. The van der Waals surface area contributed by atoms with Crippen molar-refractivity contribution in [3.05, 3.63) is 40.8 Å². The van der Waals surface area contributed by atoms with Crippen LogP contribution in [0.3, 0.4) is 0 Å². The second kappa shape index (κ2) is 7.03. The molecule has 0 unspecified atom stereocenters. The third-order valence-corrected chi connectivity index (χ3v) is 4.03. The highest BCUT2D eigenvalue weighted by atomic mass is 16.5. The first kappa shape index (κ1) is 17.7. The molecular weight excluding hydrogens is 330 g/mol. The lowest BCUT2D eigenvalue weighted by molar-refractivity contribution is 0.101. The van der Waals surface area contributed by atoms with Crippen molar-refractivity contribution in [1.82, 2.24) is 19.9 Å². The number of aromatic nitrogens is 4. The van der Waals surface area contributed by atoms with Crippen LogP contribution < -0.4 is 10.1 Å². The van der Waals surface area contributed by atoms with E-state index in [0.29, 0.717) is 41.2 Å². The van der Waals surface area contributed by atoms with Crippen molar-refractivity contribution in [3.8, 4) is 5.75 Å². The highest BCUT2D eigenvalue weighted by Gasteiger charge is 2.14. The molecule has 0 saturated carbocycles. The molecule has 0 saturated heterocycles. The number of hydrogen-bond acceptors (Lipinski definition) is 7. The predicted molar refractivity (Wildman–Crippen MR) is 100 cm³/mol. The molecule has 0 spiro atoms. The van der Waals surface area contributed by atoms with Crippen LogP contribution in [0.4, 0.5) is 11.9 Å². The Kier molecular flexibility index (Phi) is 4.79. The van der Waals surface area contributed by atoms with Crippen LogP contribution in [0.25, 0.3) is 10.9 Å². The van der Waals surface area contributed by atoms with Gasteiger partial charge in [0.1, 0.15) is 11.3 Å². The number of carbonyl (C=O) groups excluding carboxylic acids is 1. The average Bonchev–Trinajstić information content (AvgIpc) is 2.55. The molecule has 7 nitrogen and oxygen atoms in total. The Balaban J connectivity index is 2.04. The van der Waals surface area contributed by atoms with Gasteiger partial charge >= 0.3 is 0 Å². The number of hydrogen-bond donors (Lipinski definition) is 1. The number of anilines is 2. The molecule has 134 valence electrons. The third-order valence-electron chi connectivity index (χ3n) is 4.03. The lowest BCUT2D eigenvalue weighted by Gasteiger charge is -2.12. The Hall–Kier alpha value is -3.09. The summed E-state index contributed by atoms with van der Waals surface area (Å²) >= 11 is 0. The van der Waals surface area contributed by atoms with E-state index in [0.717, 1.165) is 16.6 Å². The van der Waals surface area contributed by atoms with Crippen molar-refractivity contribution in [2.24, 2.45) is 0 Å². The van der Waals surface area contributed by atoms with Gasteiger partial charge in [-0.2, -0.15) is 0 Å². The smallest absolute Gasteiger partial charge is 0.230 e. The SMILES string of the molecule is CCOc1cccc2c(C)nc(Nc3nc(C)c(C(C)=O)c(C)n3)nc12. The van der Waals surface area contributed by atoms with Crippen molar-refractivity contribution in [2.75, 3.05) is 11.9 Å². The Bertz CT molecular complexity index is 978. The van der Waals surface area contributed by atoms with Crippen LogP contribution in [0.15, 0.2) is 18.2 Å². The summed E-state index contributed by atoms with van der Waals surface area (Å²) in [5.41, 5.74) is 3.36. The summed E-state index contributed by atoms with van der Waals surface area (Å²) in [7, 11) is 0. The third kappa shape index (κ3) is 3.33. The first-order chi connectivity index (χ1) is 12.4. The van der Waals surface area contributed by atoms with E-state index in [2.05, 4.69) is 25.3 Å². The molecule has 7 heteroatoms. The number of para-hydroxylation sites is 1. The van der Waals surface area contributed by atoms with Crippen molar-refractivity contribution in [3.63, 3.8) is 0 Å². The first-order valence-corrected chi connectivity index (χ1v) is 8.44. The van der Waals surface area contributed by atoms with Crippen LogP contribution >= 0.6 is 0 Å². The molecule has 0 aliphatic heterocycles. The van der Waals surface area contributed by atoms with Crippen LogP contribution in [-0.4, -0.2) is 32.3 Å². The molecule has 0 radical (unpaired) electrons. The van der Waals surface area contributed by atoms with E-state index < -0.39 is 0 Å². The number of ether oxygens (including phenoxy) is 1. The normalized spacial score (nSPS) is 10.8. The molecule has 0 bridgehead atoms. The van der Waals surface area contributed by atoms with E-state index in [1.54, 1.807) is 13.8 Å². The number of rotatable bonds is 5. The van der Waals surface area contributed by atoms with Crippen LogP contribution in [0, 0.1) is 20.8 Å². The fraction of sp³-hybridized carbons (Fsp3) is 0.316. The number of nitrogens with zero attached hydrogens (tertiary/aromatic N) is 4. The maximum atomic E-state index is 11.7. The van der Waals surface area contributed by atoms with Gasteiger partial charge in [-0.15, -0.1) is 0 Å². The summed E-state index contributed by atoms with van der Waals surface area (Å²) in [6.45, 7) is 9.49. The van der Waals surface area contributed by atoms with Gasteiger partial charge in [-0.1, -0.05) is 12.1 Å². The molecule has 2 aromatic heterocycles. The molecule has 2 heterocycles. The molecule has 0 aliphatic rings. The summed E-state index contributed by atoms with van der Waals surface area (Å²) in [5, 5.41) is 3.97. The zero-order valence-electron chi connectivity index (χ0n) is 15.5. The Morgan fingerprint density at radius 2 is 1.62 bits per heavy atom. The number of ketones is 1. The maximum Gasteiger partial charge on any atom is 0.230 e.